The molecule has 3 heterocycles. The molecule has 0 bridgehead atoms. The molecular formula is C12H21N5. The number of rotatable bonds is 1. The maximum atomic E-state index is 6.08. The van der Waals surface area contributed by atoms with Crippen LogP contribution in [0.5, 0.6) is 0 Å². The Balaban J connectivity index is 1.80. The van der Waals surface area contributed by atoms with Crippen LogP contribution in [-0.2, 0) is 6.54 Å². The molecule has 1 unspecified atom stereocenters. The second kappa shape index (κ2) is 4.38. The van der Waals surface area contributed by atoms with Crippen LogP contribution in [0.25, 0.3) is 0 Å². The first-order chi connectivity index (χ1) is 8.24. The van der Waals surface area contributed by atoms with E-state index in [9.17, 15) is 0 Å². The van der Waals surface area contributed by atoms with Gasteiger partial charge in [-0.3, -0.25) is 0 Å². The molecule has 94 valence electrons. The van der Waals surface area contributed by atoms with Gasteiger partial charge >= 0.3 is 0 Å². The van der Waals surface area contributed by atoms with Crippen LogP contribution in [0.15, 0.2) is 0 Å². The van der Waals surface area contributed by atoms with Crippen molar-refractivity contribution in [3.05, 3.63) is 11.6 Å². The molecular weight excluding hydrogens is 214 g/mol. The molecule has 0 amide bonds. The average Bonchev–Trinajstić information content (AvgIpc) is 2.75. The zero-order valence-corrected chi connectivity index (χ0v) is 10.5. The molecule has 0 saturated carbocycles. The van der Waals surface area contributed by atoms with Crippen LogP contribution in [0.1, 0.15) is 49.3 Å². The number of fused-ring (bicyclic) bond motifs is 1. The summed E-state index contributed by atoms with van der Waals surface area (Å²) in [5, 5.41) is 4.66. The van der Waals surface area contributed by atoms with E-state index in [1.807, 2.05) is 4.68 Å². The fraction of sp³-hybridized carbons (Fsp3) is 0.833. The van der Waals surface area contributed by atoms with Crippen molar-refractivity contribution >= 4 is 0 Å². The summed E-state index contributed by atoms with van der Waals surface area (Å²) in [6.07, 6.45) is 4.53. The van der Waals surface area contributed by atoms with Crippen molar-refractivity contribution in [2.45, 2.75) is 44.2 Å². The van der Waals surface area contributed by atoms with Crippen LogP contribution >= 0.6 is 0 Å². The van der Waals surface area contributed by atoms with Crippen LogP contribution in [0, 0.1) is 0 Å². The zero-order valence-electron chi connectivity index (χ0n) is 10.5. The molecule has 2 N–H and O–H groups in total. The van der Waals surface area contributed by atoms with Crippen molar-refractivity contribution in [3.8, 4) is 0 Å². The Bertz CT molecular complexity index is 392. The Kier molecular flexibility index (Phi) is 2.88. The molecule has 5 nitrogen and oxygen atoms in total. The summed E-state index contributed by atoms with van der Waals surface area (Å²) in [5.74, 6) is 2.58. The van der Waals surface area contributed by atoms with Crippen molar-refractivity contribution < 1.29 is 0 Å². The van der Waals surface area contributed by atoms with Crippen LogP contribution in [0.3, 0.4) is 0 Å². The molecule has 0 radical (unpaired) electrons. The lowest BCUT2D eigenvalue weighted by Crippen LogP contribution is -2.29. The van der Waals surface area contributed by atoms with E-state index in [0.29, 0.717) is 5.92 Å². The standard InChI is InChI=1S/C12H21N5/c1-16-7-4-9(5-8-16)11-14-12-10(13)3-2-6-17(12)15-11/h9-10H,2-8,13H2,1H3. The second-order valence-electron chi connectivity index (χ2n) is 5.38. The number of hydrogen-bond donors (Lipinski definition) is 1. The van der Waals surface area contributed by atoms with E-state index in [4.69, 9.17) is 5.73 Å². The first-order valence-electron chi connectivity index (χ1n) is 6.63. The Morgan fingerprint density at radius 3 is 2.65 bits per heavy atom. The van der Waals surface area contributed by atoms with Crippen molar-refractivity contribution in [3.63, 3.8) is 0 Å². The Hall–Kier alpha value is -0.940. The molecule has 0 aliphatic carbocycles. The third-order valence-electron chi connectivity index (χ3n) is 4.02. The number of nitrogens with zero attached hydrogens (tertiary/aromatic N) is 4. The van der Waals surface area contributed by atoms with Crippen molar-refractivity contribution in [2.75, 3.05) is 20.1 Å². The second-order valence-corrected chi connectivity index (χ2v) is 5.38. The van der Waals surface area contributed by atoms with E-state index in [1.165, 1.54) is 12.8 Å². The zero-order chi connectivity index (χ0) is 11.8. The Labute approximate surface area is 102 Å². The smallest absolute Gasteiger partial charge is 0.154 e. The molecule has 1 aromatic rings. The molecule has 2 aliphatic rings. The Morgan fingerprint density at radius 2 is 1.94 bits per heavy atom. The minimum atomic E-state index is 0.0938. The van der Waals surface area contributed by atoms with Gasteiger partial charge in [-0.2, -0.15) is 5.10 Å². The predicted octanol–water partition coefficient (Wildman–Crippen LogP) is 0.881. The maximum absolute atomic E-state index is 6.08. The van der Waals surface area contributed by atoms with E-state index in [1.54, 1.807) is 0 Å². The van der Waals surface area contributed by atoms with Gasteiger partial charge in [-0.15, -0.1) is 0 Å². The lowest BCUT2D eigenvalue weighted by Gasteiger charge is -2.27. The van der Waals surface area contributed by atoms with Crippen LogP contribution in [0.2, 0.25) is 0 Å². The lowest BCUT2D eigenvalue weighted by atomic mass is 9.96. The van der Waals surface area contributed by atoms with Gasteiger partial charge in [-0.1, -0.05) is 0 Å². The summed E-state index contributed by atoms with van der Waals surface area (Å²) in [7, 11) is 2.18. The summed E-state index contributed by atoms with van der Waals surface area (Å²) in [6, 6.07) is 0.0938. The molecule has 3 rings (SSSR count). The van der Waals surface area contributed by atoms with Crippen LogP contribution in [0.4, 0.5) is 0 Å². The minimum absolute atomic E-state index is 0.0938. The third kappa shape index (κ3) is 2.09. The number of likely N-dealkylation sites (tertiary alicyclic amines) is 1. The minimum Gasteiger partial charge on any atom is -0.321 e. The summed E-state index contributed by atoms with van der Waals surface area (Å²) in [4.78, 5) is 7.06. The highest BCUT2D eigenvalue weighted by Crippen LogP contribution is 2.28. The van der Waals surface area contributed by atoms with Gasteiger partial charge in [0.1, 0.15) is 5.82 Å². The van der Waals surface area contributed by atoms with E-state index in [2.05, 4.69) is 22.0 Å². The highest BCUT2D eigenvalue weighted by molar-refractivity contribution is 5.05. The largest absolute Gasteiger partial charge is 0.321 e. The molecule has 1 atom stereocenters. The first-order valence-corrected chi connectivity index (χ1v) is 6.63. The molecule has 0 aromatic carbocycles. The molecule has 2 aliphatic heterocycles. The number of nitrogens with two attached hydrogens (primary N) is 1. The summed E-state index contributed by atoms with van der Waals surface area (Å²) < 4.78 is 2.03. The third-order valence-corrected chi connectivity index (χ3v) is 4.02. The van der Waals surface area contributed by atoms with Gasteiger partial charge in [0.15, 0.2) is 5.82 Å². The molecule has 1 saturated heterocycles. The molecule has 0 spiro atoms. The summed E-state index contributed by atoms with van der Waals surface area (Å²) in [5.41, 5.74) is 6.08. The fourth-order valence-corrected chi connectivity index (χ4v) is 2.84. The van der Waals surface area contributed by atoms with E-state index < -0.39 is 0 Å². The SMILES string of the molecule is CN1CCC(c2nc3n(n2)CCCC3N)CC1. The maximum Gasteiger partial charge on any atom is 0.154 e. The van der Waals surface area contributed by atoms with E-state index >= 15 is 0 Å². The van der Waals surface area contributed by atoms with E-state index in [0.717, 1.165) is 44.1 Å². The molecule has 1 aromatic heterocycles. The van der Waals surface area contributed by atoms with Crippen LogP contribution < -0.4 is 5.73 Å². The van der Waals surface area contributed by atoms with Gasteiger partial charge in [0, 0.05) is 12.5 Å². The number of hydrogen-bond acceptors (Lipinski definition) is 4. The van der Waals surface area contributed by atoms with Crippen molar-refractivity contribution in [1.82, 2.24) is 19.7 Å². The monoisotopic (exact) mass is 235 g/mol. The molecule has 1 fully saturated rings. The topological polar surface area (TPSA) is 60.0 Å². The van der Waals surface area contributed by atoms with Gasteiger partial charge in [0.05, 0.1) is 6.04 Å². The van der Waals surface area contributed by atoms with Gasteiger partial charge in [-0.05, 0) is 45.8 Å². The van der Waals surface area contributed by atoms with Gasteiger partial charge < -0.3 is 10.6 Å². The quantitative estimate of drug-likeness (QED) is 0.785. The fourth-order valence-electron chi connectivity index (χ4n) is 2.84. The number of aryl methyl sites for hydroxylation is 1. The van der Waals surface area contributed by atoms with Gasteiger partial charge in [0.25, 0.3) is 0 Å². The van der Waals surface area contributed by atoms with E-state index in [-0.39, 0.29) is 6.04 Å². The van der Waals surface area contributed by atoms with Crippen LogP contribution in [-0.4, -0.2) is 39.8 Å². The normalized spacial score (nSPS) is 27.1. The molecule has 5 heteroatoms. The predicted molar refractivity (Wildman–Crippen MR) is 65.7 cm³/mol. The molecule has 17 heavy (non-hydrogen) atoms. The van der Waals surface area contributed by atoms with Gasteiger partial charge in [0.2, 0.25) is 0 Å². The summed E-state index contributed by atoms with van der Waals surface area (Å²) in [6.45, 7) is 3.30. The highest BCUT2D eigenvalue weighted by Gasteiger charge is 2.26. The lowest BCUT2D eigenvalue weighted by molar-refractivity contribution is 0.251. The highest BCUT2D eigenvalue weighted by atomic mass is 15.4. The van der Waals surface area contributed by atoms with Crippen molar-refractivity contribution in [2.24, 2.45) is 5.73 Å². The Morgan fingerprint density at radius 1 is 1.18 bits per heavy atom. The van der Waals surface area contributed by atoms with Crippen molar-refractivity contribution in [1.29, 1.82) is 0 Å². The average molecular weight is 235 g/mol. The van der Waals surface area contributed by atoms with Gasteiger partial charge in [-0.25, -0.2) is 9.67 Å². The number of piperidine rings is 1. The first kappa shape index (κ1) is 11.2. The number of aromatic nitrogens is 3. The summed E-state index contributed by atoms with van der Waals surface area (Å²) >= 11 is 0.